The van der Waals surface area contributed by atoms with E-state index in [1.807, 2.05) is 41.0 Å². The molecule has 1 saturated heterocycles. The van der Waals surface area contributed by atoms with E-state index < -0.39 is 0 Å². The molecule has 0 radical (unpaired) electrons. The number of nitrogens with one attached hydrogen (secondary N) is 1. The second-order valence-electron chi connectivity index (χ2n) is 5.83. The monoisotopic (exact) mass is 337 g/mol. The summed E-state index contributed by atoms with van der Waals surface area (Å²) in [7, 11) is 2.07. The third-order valence-electron chi connectivity index (χ3n) is 4.37. The zero-order valence-electron chi connectivity index (χ0n) is 13.6. The molecule has 0 saturated carbocycles. The second kappa shape index (κ2) is 5.90. The van der Waals surface area contributed by atoms with Crippen molar-refractivity contribution in [2.75, 3.05) is 17.3 Å². The maximum Gasteiger partial charge on any atom is 0.221 e. The molecule has 1 unspecified atom stereocenters. The van der Waals surface area contributed by atoms with Gasteiger partial charge in [0.1, 0.15) is 5.66 Å². The van der Waals surface area contributed by atoms with Crippen LogP contribution < -0.4 is 15.7 Å². The number of hydrogen-bond donors (Lipinski definition) is 1. The molecule has 2 aromatic carbocycles. The maximum absolute atomic E-state index is 4.50. The number of thiazole rings is 1. The third kappa shape index (κ3) is 2.36. The summed E-state index contributed by atoms with van der Waals surface area (Å²) in [5, 5.41) is 9.20. The van der Waals surface area contributed by atoms with E-state index in [1.165, 1.54) is 5.56 Å². The van der Waals surface area contributed by atoms with Crippen LogP contribution in [0.3, 0.4) is 0 Å². The Kier molecular flexibility index (Phi) is 3.72. The molecule has 5 nitrogen and oxygen atoms in total. The summed E-state index contributed by atoms with van der Waals surface area (Å²) in [6.07, 6.45) is 1.83. The van der Waals surface area contributed by atoms with Crippen molar-refractivity contribution in [2.24, 2.45) is 0 Å². The van der Waals surface area contributed by atoms with Crippen LogP contribution in [0, 0.1) is 0 Å². The predicted octanol–water partition coefficient (Wildman–Crippen LogP) is 3.61. The van der Waals surface area contributed by atoms with E-state index in [9.17, 15) is 0 Å². The number of aromatic nitrogens is 1. The largest absolute Gasteiger partial charge is 0.226 e. The van der Waals surface area contributed by atoms with Gasteiger partial charge in [0.2, 0.25) is 5.13 Å². The molecule has 1 aliphatic rings. The molecule has 2 heterocycles. The molecule has 0 aliphatic carbocycles. The summed E-state index contributed by atoms with van der Waals surface area (Å²) in [4.78, 5) is 4.50. The molecule has 1 atom stereocenters. The lowest BCUT2D eigenvalue weighted by Gasteiger charge is -2.33. The highest BCUT2D eigenvalue weighted by atomic mass is 32.1. The summed E-state index contributed by atoms with van der Waals surface area (Å²) in [6.45, 7) is 2.17. The highest BCUT2D eigenvalue weighted by molar-refractivity contribution is 7.13. The van der Waals surface area contributed by atoms with Crippen LogP contribution in [-0.4, -0.2) is 17.0 Å². The van der Waals surface area contributed by atoms with Crippen molar-refractivity contribution in [1.82, 2.24) is 15.4 Å². The standard InChI is InChI=1S/C18H19N5S/c1-18(15-9-5-3-6-10-15)20-22(16-11-7-4-8-12-16)23(21(18)2)17-19-13-14-24-17/h3-14,20H,1-2H3. The van der Waals surface area contributed by atoms with Crippen molar-refractivity contribution in [3.8, 4) is 0 Å². The molecule has 3 aromatic rings. The Hall–Kier alpha value is -2.41. The third-order valence-corrected chi connectivity index (χ3v) is 5.11. The lowest BCUT2D eigenvalue weighted by molar-refractivity contribution is 0.161. The van der Waals surface area contributed by atoms with Gasteiger partial charge in [0.25, 0.3) is 0 Å². The fourth-order valence-electron chi connectivity index (χ4n) is 2.94. The van der Waals surface area contributed by atoms with Crippen LogP contribution in [-0.2, 0) is 5.66 Å². The van der Waals surface area contributed by atoms with Crippen LogP contribution in [0.2, 0.25) is 0 Å². The van der Waals surface area contributed by atoms with Gasteiger partial charge in [-0.15, -0.1) is 11.3 Å². The number of anilines is 2. The molecule has 24 heavy (non-hydrogen) atoms. The molecule has 1 fully saturated rings. The first-order valence-electron chi connectivity index (χ1n) is 7.82. The van der Waals surface area contributed by atoms with E-state index in [1.54, 1.807) is 11.3 Å². The average Bonchev–Trinajstić information content (AvgIpc) is 3.24. The minimum atomic E-state index is -0.386. The van der Waals surface area contributed by atoms with E-state index in [4.69, 9.17) is 0 Å². The lowest BCUT2D eigenvalue weighted by Crippen LogP contribution is -2.47. The van der Waals surface area contributed by atoms with E-state index in [0.29, 0.717) is 0 Å². The van der Waals surface area contributed by atoms with Crippen molar-refractivity contribution < 1.29 is 0 Å². The van der Waals surface area contributed by atoms with Gasteiger partial charge in [-0.2, -0.15) is 20.7 Å². The normalized spacial score (nSPS) is 21.4. The van der Waals surface area contributed by atoms with Gasteiger partial charge in [-0.1, -0.05) is 48.5 Å². The number of rotatable bonds is 3. The first-order chi connectivity index (χ1) is 11.7. The van der Waals surface area contributed by atoms with Crippen LogP contribution in [0.5, 0.6) is 0 Å². The molecular weight excluding hydrogens is 318 g/mol. The van der Waals surface area contributed by atoms with Gasteiger partial charge < -0.3 is 0 Å². The lowest BCUT2D eigenvalue weighted by atomic mass is 10.0. The summed E-state index contributed by atoms with van der Waals surface area (Å²) < 4.78 is 0. The van der Waals surface area contributed by atoms with Gasteiger partial charge in [0.15, 0.2) is 0 Å². The van der Waals surface area contributed by atoms with Crippen LogP contribution in [0.15, 0.2) is 72.2 Å². The molecule has 1 aliphatic heterocycles. The molecule has 4 rings (SSSR count). The smallest absolute Gasteiger partial charge is 0.221 e. The molecule has 6 heteroatoms. The van der Waals surface area contributed by atoms with Gasteiger partial charge in [0.05, 0.1) is 5.69 Å². The van der Waals surface area contributed by atoms with Gasteiger partial charge in [-0.3, -0.25) is 0 Å². The summed E-state index contributed by atoms with van der Waals surface area (Å²) in [5.74, 6) is 0. The quantitative estimate of drug-likeness (QED) is 0.790. The minimum Gasteiger partial charge on any atom is -0.226 e. The SMILES string of the molecule is CN1N(c2nccs2)N(c2ccccc2)NC1(C)c1ccccc1. The topological polar surface area (TPSA) is 34.6 Å². The maximum atomic E-state index is 4.50. The van der Waals surface area contributed by atoms with Crippen molar-refractivity contribution in [1.29, 1.82) is 0 Å². The Morgan fingerprint density at radius 3 is 2.29 bits per heavy atom. The Bertz CT molecular complexity index is 793. The molecule has 1 aromatic heterocycles. The first kappa shape index (κ1) is 15.1. The van der Waals surface area contributed by atoms with E-state index in [0.717, 1.165) is 10.8 Å². The number of hydrogen-bond acceptors (Lipinski definition) is 6. The average molecular weight is 337 g/mol. The fourth-order valence-corrected chi connectivity index (χ4v) is 3.60. The molecule has 0 amide bonds. The van der Waals surface area contributed by atoms with Crippen LogP contribution in [0.4, 0.5) is 10.8 Å². The van der Waals surface area contributed by atoms with Crippen molar-refractivity contribution in [2.45, 2.75) is 12.6 Å². The van der Waals surface area contributed by atoms with Crippen LogP contribution >= 0.6 is 11.3 Å². The van der Waals surface area contributed by atoms with E-state index >= 15 is 0 Å². The number of para-hydroxylation sites is 1. The Balaban J connectivity index is 1.81. The highest BCUT2D eigenvalue weighted by Crippen LogP contribution is 2.37. The summed E-state index contributed by atoms with van der Waals surface area (Å²) >= 11 is 1.61. The van der Waals surface area contributed by atoms with Crippen molar-refractivity contribution in [3.05, 3.63) is 77.8 Å². The van der Waals surface area contributed by atoms with Crippen LogP contribution in [0.25, 0.3) is 0 Å². The van der Waals surface area contributed by atoms with E-state index in [2.05, 4.69) is 70.9 Å². The van der Waals surface area contributed by atoms with Crippen molar-refractivity contribution in [3.63, 3.8) is 0 Å². The summed E-state index contributed by atoms with van der Waals surface area (Å²) in [6, 6.07) is 20.7. The number of benzene rings is 2. The van der Waals surface area contributed by atoms with Gasteiger partial charge >= 0.3 is 0 Å². The van der Waals surface area contributed by atoms with Gasteiger partial charge in [0, 0.05) is 18.6 Å². The zero-order chi connectivity index (χ0) is 16.6. The highest BCUT2D eigenvalue weighted by Gasteiger charge is 2.46. The molecule has 1 N–H and O–H groups in total. The van der Waals surface area contributed by atoms with Crippen LogP contribution in [0.1, 0.15) is 12.5 Å². The zero-order valence-corrected chi connectivity index (χ0v) is 14.4. The van der Waals surface area contributed by atoms with Gasteiger partial charge in [-0.25, -0.2) is 4.98 Å². The number of hydrazine groups is 3. The van der Waals surface area contributed by atoms with Gasteiger partial charge in [-0.05, 0) is 24.6 Å². The Labute approximate surface area is 145 Å². The fraction of sp³-hybridized carbons (Fsp3) is 0.167. The number of nitrogens with zero attached hydrogens (tertiary/aromatic N) is 4. The molecule has 122 valence electrons. The first-order valence-corrected chi connectivity index (χ1v) is 8.70. The Morgan fingerprint density at radius 1 is 1.00 bits per heavy atom. The Morgan fingerprint density at radius 2 is 1.67 bits per heavy atom. The predicted molar refractivity (Wildman–Crippen MR) is 98.2 cm³/mol. The van der Waals surface area contributed by atoms with E-state index in [-0.39, 0.29) is 5.66 Å². The minimum absolute atomic E-state index is 0.386. The summed E-state index contributed by atoms with van der Waals surface area (Å²) in [5.41, 5.74) is 5.50. The molecular formula is C18H19N5S. The van der Waals surface area contributed by atoms with Crippen molar-refractivity contribution >= 4 is 22.2 Å². The molecule has 0 bridgehead atoms. The second-order valence-corrected chi connectivity index (χ2v) is 6.70. The molecule has 0 spiro atoms.